The number of anilines is 1. The molecule has 0 amide bonds. The summed E-state index contributed by atoms with van der Waals surface area (Å²) < 4.78 is 27.4. The second kappa shape index (κ2) is 8.30. The predicted molar refractivity (Wildman–Crippen MR) is 127 cm³/mol. The number of aromatic amines is 1. The molecule has 6 nitrogen and oxygen atoms in total. The molecule has 1 atom stereocenters. The highest BCUT2D eigenvalue weighted by Gasteiger charge is 2.27. The van der Waals surface area contributed by atoms with Crippen molar-refractivity contribution < 1.29 is 13.5 Å². The van der Waals surface area contributed by atoms with E-state index in [1.165, 1.54) is 0 Å². The SMILES string of the molecule is Cc1cccc(S(=O)(=O)N(S)c2ccc(C)c3cc(C4=NCC(CCO)S4)[nH]c23)c1. The molecule has 0 spiro atoms. The van der Waals surface area contributed by atoms with Crippen LogP contribution in [0.3, 0.4) is 0 Å². The number of hydrogen-bond acceptors (Lipinski definition) is 6. The highest BCUT2D eigenvalue weighted by Crippen LogP contribution is 2.36. The molecule has 3 aromatic rings. The number of aliphatic hydroxyl groups excluding tert-OH is 1. The molecule has 9 heteroatoms. The van der Waals surface area contributed by atoms with E-state index in [9.17, 15) is 13.5 Å². The number of nitrogens with zero attached hydrogens (tertiary/aromatic N) is 2. The Bertz CT molecular complexity index is 1230. The molecule has 1 aliphatic heterocycles. The number of thioether (sulfide) groups is 1. The summed E-state index contributed by atoms with van der Waals surface area (Å²) >= 11 is 6.01. The van der Waals surface area contributed by atoms with Crippen molar-refractivity contribution in [2.75, 3.05) is 16.9 Å². The molecular formula is C21H23N3O3S3. The van der Waals surface area contributed by atoms with Crippen LogP contribution in [0.25, 0.3) is 10.9 Å². The smallest absolute Gasteiger partial charge is 0.273 e. The first-order valence-electron chi connectivity index (χ1n) is 9.57. The molecule has 4 rings (SSSR count). The van der Waals surface area contributed by atoms with Crippen LogP contribution in [0.4, 0.5) is 5.69 Å². The lowest BCUT2D eigenvalue weighted by Crippen LogP contribution is -2.22. The summed E-state index contributed by atoms with van der Waals surface area (Å²) in [6.45, 7) is 4.65. The number of sulfonamides is 1. The molecule has 158 valence electrons. The highest BCUT2D eigenvalue weighted by molar-refractivity contribution is 8.15. The van der Waals surface area contributed by atoms with Gasteiger partial charge in [-0.3, -0.25) is 4.99 Å². The molecule has 0 aliphatic carbocycles. The van der Waals surface area contributed by atoms with Crippen LogP contribution in [0, 0.1) is 13.8 Å². The van der Waals surface area contributed by atoms with E-state index in [2.05, 4.69) is 22.8 Å². The minimum atomic E-state index is -3.83. The molecule has 0 saturated carbocycles. The third kappa shape index (κ3) is 3.87. The number of thiol groups is 1. The summed E-state index contributed by atoms with van der Waals surface area (Å²) in [4.78, 5) is 8.15. The van der Waals surface area contributed by atoms with Crippen molar-refractivity contribution in [3.8, 4) is 0 Å². The zero-order chi connectivity index (χ0) is 21.5. The van der Waals surface area contributed by atoms with Crippen LogP contribution in [0.1, 0.15) is 23.2 Å². The number of aryl methyl sites for hydroxylation is 2. The second-order valence-electron chi connectivity index (χ2n) is 7.34. The van der Waals surface area contributed by atoms with Crippen molar-refractivity contribution >= 4 is 56.2 Å². The first kappa shape index (κ1) is 21.3. The third-order valence-corrected chi connectivity index (χ3v) is 8.76. The Labute approximate surface area is 186 Å². The van der Waals surface area contributed by atoms with Gasteiger partial charge in [-0.2, -0.15) is 0 Å². The summed E-state index contributed by atoms with van der Waals surface area (Å²) in [5.74, 6) is 0. The Balaban J connectivity index is 1.75. The third-order valence-electron chi connectivity index (χ3n) is 5.11. The summed E-state index contributed by atoms with van der Waals surface area (Å²) in [5.41, 5.74) is 3.90. The number of rotatable bonds is 6. The van der Waals surface area contributed by atoms with Gasteiger partial charge in [0.2, 0.25) is 0 Å². The van der Waals surface area contributed by atoms with Gasteiger partial charge in [0.15, 0.2) is 0 Å². The fourth-order valence-corrected chi connectivity index (χ4v) is 6.20. The molecule has 30 heavy (non-hydrogen) atoms. The number of aliphatic hydroxyl groups is 1. The quantitative estimate of drug-likeness (QED) is 0.483. The van der Waals surface area contributed by atoms with Gasteiger partial charge in [0.05, 0.1) is 28.3 Å². The van der Waals surface area contributed by atoms with Crippen LogP contribution in [0.5, 0.6) is 0 Å². The van der Waals surface area contributed by atoms with Gasteiger partial charge in [0, 0.05) is 17.2 Å². The molecule has 0 radical (unpaired) electrons. The summed E-state index contributed by atoms with van der Waals surface area (Å²) in [6.07, 6.45) is 0.696. The van der Waals surface area contributed by atoms with E-state index in [-0.39, 0.29) is 16.8 Å². The lowest BCUT2D eigenvalue weighted by molar-refractivity contribution is 0.288. The van der Waals surface area contributed by atoms with E-state index in [0.29, 0.717) is 24.2 Å². The number of nitrogens with one attached hydrogen (secondary N) is 1. The average molecular weight is 462 g/mol. The van der Waals surface area contributed by atoms with Gasteiger partial charge in [0.1, 0.15) is 5.04 Å². The van der Waals surface area contributed by atoms with Crippen molar-refractivity contribution in [2.24, 2.45) is 4.99 Å². The maximum Gasteiger partial charge on any atom is 0.273 e. The Morgan fingerprint density at radius 1 is 1.27 bits per heavy atom. The molecule has 2 aromatic carbocycles. The topological polar surface area (TPSA) is 85.8 Å². The van der Waals surface area contributed by atoms with Gasteiger partial charge in [-0.1, -0.05) is 30.0 Å². The van der Waals surface area contributed by atoms with Crippen LogP contribution in [-0.2, 0) is 10.0 Å². The van der Waals surface area contributed by atoms with E-state index in [1.807, 2.05) is 32.0 Å². The van der Waals surface area contributed by atoms with Crippen molar-refractivity contribution in [1.82, 2.24) is 4.98 Å². The number of aliphatic imine (C=N–C) groups is 1. The van der Waals surface area contributed by atoms with Crippen molar-refractivity contribution in [3.63, 3.8) is 0 Å². The maximum atomic E-state index is 13.2. The van der Waals surface area contributed by atoms with Crippen molar-refractivity contribution in [3.05, 3.63) is 59.3 Å². The summed E-state index contributed by atoms with van der Waals surface area (Å²) in [6, 6.07) is 12.4. The standard InChI is InChI=1S/C21H23N3O3S3/c1-13-4-3-5-16(10-13)30(26,27)24(28)19-7-6-14(2)17-11-18(23-20(17)19)21-22-12-15(29-21)8-9-25/h3-7,10-11,15,23,25,28H,8-9,12H2,1-2H3. The van der Waals surface area contributed by atoms with Gasteiger partial charge < -0.3 is 10.1 Å². The van der Waals surface area contributed by atoms with Crippen LogP contribution >= 0.6 is 24.6 Å². The van der Waals surface area contributed by atoms with E-state index in [1.54, 1.807) is 36.0 Å². The minimum Gasteiger partial charge on any atom is -0.396 e. The molecule has 0 saturated heterocycles. The van der Waals surface area contributed by atoms with Gasteiger partial charge in [-0.15, -0.1) is 0 Å². The maximum absolute atomic E-state index is 13.2. The lowest BCUT2D eigenvalue weighted by Gasteiger charge is -2.19. The largest absolute Gasteiger partial charge is 0.396 e. The van der Waals surface area contributed by atoms with E-state index < -0.39 is 10.0 Å². The molecule has 1 aliphatic rings. The second-order valence-corrected chi connectivity index (χ2v) is 11.1. The normalized spacial score (nSPS) is 16.8. The number of fused-ring (bicyclic) bond motifs is 1. The number of benzene rings is 2. The van der Waals surface area contributed by atoms with Gasteiger partial charge >= 0.3 is 0 Å². The Hall–Kier alpha value is -1.94. The Morgan fingerprint density at radius 2 is 2.07 bits per heavy atom. The molecule has 2 N–H and O–H groups in total. The van der Waals surface area contributed by atoms with E-state index >= 15 is 0 Å². The highest BCUT2D eigenvalue weighted by atomic mass is 32.3. The molecule has 1 unspecified atom stereocenters. The van der Waals surface area contributed by atoms with Crippen molar-refractivity contribution in [1.29, 1.82) is 0 Å². The average Bonchev–Trinajstić information content (AvgIpc) is 3.36. The zero-order valence-corrected chi connectivity index (χ0v) is 19.2. The Kier molecular flexibility index (Phi) is 5.89. The minimum absolute atomic E-state index is 0.141. The van der Waals surface area contributed by atoms with Crippen molar-refractivity contribution in [2.45, 2.75) is 30.4 Å². The first-order valence-corrected chi connectivity index (χ1v) is 12.3. The van der Waals surface area contributed by atoms with Gasteiger partial charge in [-0.25, -0.2) is 12.1 Å². The Morgan fingerprint density at radius 3 is 2.80 bits per heavy atom. The first-order chi connectivity index (χ1) is 14.3. The molecule has 0 bridgehead atoms. The summed E-state index contributed by atoms with van der Waals surface area (Å²) in [7, 11) is -3.83. The lowest BCUT2D eigenvalue weighted by atomic mass is 10.1. The molecule has 1 aromatic heterocycles. The van der Waals surface area contributed by atoms with Crippen LogP contribution in [0.2, 0.25) is 0 Å². The summed E-state index contributed by atoms with van der Waals surface area (Å²) in [5, 5.41) is 11.2. The monoisotopic (exact) mass is 461 g/mol. The van der Waals surface area contributed by atoms with Crippen LogP contribution < -0.4 is 3.71 Å². The predicted octanol–water partition coefficient (Wildman–Crippen LogP) is 4.07. The van der Waals surface area contributed by atoms with Crippen LogP contribution in [-0.4, -0.2) is 42.0 Å². The van der Waals surface area contributed by atoms with Crippen LogP contribution in [0.15, 0.2) is 52.4 Å². The molecular weight excluding hydrogens is 438 g/mol. The van der Waals surface area contributed by atoms with E-state index in [0.717, 1.165) is 31.0 Å². The fraction of sp³-hybridized carbons (Fsp3) is 0.286. The van der Waals surface area contributed by atoms with Gasteiger partial charge in [0.25, 0.3) is 10.0 Å². The number of hydrogen-bond donors (Lipinski definition) is 3. The van der Waals surface area contributed by atoms with E-state index in [4.69, 9.17) is 0 Å². The number of aromatic nitrogens is 1. The molecule has 2 heterocycles. The fourth-order valence-electron chi connectivity index (χ4n) is 3.48. The molecule has 0 fully saturated rings. The zero-order valence-electron chi connectivity index (χ0n) is 16.7. The number of H-pyrrole nitrogens is 1. The van der Waals surface area contributed by atoms with Gasteiger partial charge in [-0.05, 0) is 68.5 Å².